The molecule has 0 saturated carbocycles. The van der Waals surface area contributed by atoms with Crippen LogP contribution >= 0.6 is 0 Å². The smallest absolute Gasteiger partial charge is 0.287 e. The molecule has 0 N–H and O–H groups in total. The van der Waals surface area contributed by atoms with Crippen LogP contribution in [0.1, 0.15) is 22.6 Å². The maximum atomic E-state index is 14.7. The summed E-state index contributed by atoms with van der Waals surface area (Å²) in [5.41, 5.74) is 1.40. The summed E-state index contributed by atoms with van der Waals surface area (Å²) in [6.07, 6.45) is -2.04. The van der Waals surface area contributed by atoms with Gasteiger partial charge < -0.3 is 14.2 Å². The summed E-state index contributed by atoms with van der Waals surface area (Å²) in [5.74, 6) is -2.78. The molecule has 0 radical (unpaired) electrons. The van der Waals surface area contributed by atoms with Gasteiger partial charge in [0.1, 0.15) is 0 Å². The van der Waals surface area contributed by atoms with E-state index < -0.39 is 24.4 Å². The molecule has 0 bridgehead atoms. The van der Waals surface area contributed by atoms with E-state index in [1.807, 2.05) is 18.2 Å². The molecule has 2 aromatic carbocycles. The minimum atomic E-state index is -3.10. The third-order valence-corrected chi connectivity index (χ3v) is 5.61. The largest absolute Gasteiger partial charge is 0.466 e. The number of para-hydroxylation sites is 1. The third-order valence-electron chi connectivity index (χ3n) is 5.61. The fraction of sp³-hybridized carbons (Fsp3) is 0.250. The molecule has 4 aromatic rings. The van der Waals surface area contributed by atoms with Crippen LogP contribution < -0.4 is 4.74 Å². The maximum Gasteiger partial charge on any atom is 0.287 e. The van der Waals surface area contributed by atoms with E-state index in [4.69, 9.17) is 9.26 Å². The van der Waals surface area contributed by atoms with Gasteiger partial charge in [-0.25, -0.2) is 13.8 Å². The summed E-state index contributed by atoms with van der Waals surface area (Å²) in [6.45, 7) is 1.29. The second-order valence-electron chi connectivity index (χ2n) is 7.90. The highest BCUT2D eigenvalue weighted by molar-refractivity contribution is 6.00. The van der Waals surface area contributed by atoms with E-state index in [2.05, 4.69) is 15.1 Å². The maximum absolute atomic E-state index is 14.7. The Morgan fingerprint density at radius 1 is 1.09 bits per heavy atom. The minimum absolute atomic E-state index is 0.0920. The molecular weight excluding hydrogens is 430 g/mol. The summed E-state index contributed by atoms with van der Waals surface area (Å²) < 4.78 is 40.3. The van der Waals surface area contributed by atoms with Crippen molar-refractivity contribution >= 4 is 16.8 Å². The number of hydrogen-bond donors (Lipinski definition) is 0. The Hall–Kier alpha value is -3.88. The predicted octanol–water partition coefficient (Wildman–Crippen LogP) is 4.52. The third kappa shape index (κ3) is 4.13. The lowest BCUT2D eigenvalue weighted by molar-refractivity contribution is -0.131. The molecule has 1 unspecified atom stereocenters. The number of carbonyl (C=O) groups excluding carboxylic acids is 1. The standard InChI is InChI=1S/C24H20F2N4O3/c1-15-27-22(33-29-15)17-7-3-4-8-18(17)23(31)30-13-12-24(25,26)20(14-30)32-21-11-10-16-6-2-5-9-19(16)28-21/h2-11,20H,12-14H2,1H3. The van der Waals surface area contributed by atoms with Crippen molar-refractivity contribution in [3.05, 3.63) is 72.1 Å². The SMILES string of the molecule is Cc1noc(-c2ccccc2C(=O)N2CCC(F)(F)C(Oc3ccc4ccccc4n3)C2)n1. The quantitative estimate of drug-likeness (QED) is 0.455. The molecule has 1 aliphatic rings. The molecule has 0 spiro atoms. The minimum Gasteiger partial charge on any atom is -0.466 e. The summed E-state index contributed by atoms with van der Waals surface area (Å²) >= 11 is 0. The van der Waals surface area contributed by atoms with Gasteiger partial charge in [-0.15, -0.1) is 0 Å². The van der Waals surface area contributed by atoms with E-state index in [9.17, 15) is 13.6 Å². The van der Waals surface area contributed by atoms with Crippen molar-refractivity contribution in [2.24, 2.45) is 0 Å². The van der Waals surface area contributed by atoms with Gasteiger partial charge in [-0.05, 0) is 31.2 Å². The first kappa shape index (κ1) is 21.0. The number of pyridine rings is 1. The Balaban J connectivity index is 1.40. The second kappa shape index (κ2) is 8.23. The number of fused-ring (bicyclic) bond motifs is 1. The first-order chi connectivity index (χ1) is 15.9. The predicted molar refractivity (Wildman–Crippen MR) is 116 cm³/mol. The molecule has 1 atom stereocenters. The number of amides is 1. The van der Waals surface area contributed by atoms with Gasteiger partial charge in [0.15, 0.2) is 11.9 Å². The van der Waals surface area contributed by atoms with Crippen LogP contribution in [0.2, 0.25) is 0 Å². The number of aromatic nitrogens is 3. The van der Waals surface area contributed by atoms with Crippen LogP contribution in [0, 0.1) is 6.92 Å². The molecule has 1 fully saturated rings. The number of rotatable bonds is 4. The summed E-state index contributed by atoms with van der Waals surface area (Å²) in [5, 5.41) is 4.65. The molecule has 1 aliphatic heterocycles. The number of ether oxygens (including phenoxy) is 1. The van der Waals surface area contributed by atoms with Crippen molar-refractivity contribution in [1.82, 2.24) is 20.0 Å². The highest BCUT2D eigenvalue weighted by Crippen LogP contribution is 2.33. The number of piperidine rings is 1. The molecule has 5 rings (SSSR count). The lowest BCUT2D eigenvalue weighted by Crippen LogP contribution is -2.55. The number of nitrogens with zero attached hydrogens (tertiary/aromatic N) is 4. The van der Waals surface area contributed by atoms with Crippen LogP contribution in [0.4, 0.5) is 8.78 Å². The first-order valence-electron chi connectivity index (χ1n) is 10.5. The van der Waals surface area contributed by atoms with Gasteiger partial charge in [0.05, 0.1) is 23.2 Å². The zero-order chi connectivity index (χ0) is 23.0. The molecule has 1 saturated heterocycles. The van der Waals surface area contributed by atoms with E-state index in [-0.39, 0.29) is 24.9 Å². The number of carbonyl (C=O) groups is 1. The molecule has 7 nitrogen and oxygen atoms in total. The molecular formula is C24H20F2N4O3. The van der Waals surface area contributed by atoms with E-state index in [1.165, 1.54) is 4.90 Å². The molecule has 0 aliphatic carbocycles. The van der Waals surface area contributed by atoms with Crippen LogP contribution in [0.25, 0.3) is 22.4 Å². The van der Waals surface area contributed by atoms with Gasteiger partial charge >= 0.3 is 0 Å². The normalized spacial score (nSPS) is 17.8. The van der Waals surface area contributed by atoms with Crippen LogP contribution in [-0.2, 0) is 0 Å². The van der Waals surface area contributed by atoms with Crippen molar-refractivity contribution in [2.45, 2.75) is 25.4 Å². The zero-order valence-electron chi connectivity index (χ0n) is 17.7. The molecule has 33 heavy (non-hydrogen) atoms. The molecule has 2 aromatic heterocycles. The average Bonchev–Trinajstić information content (AvgIpc) is 3.26. The Labute approximate surface area is 188 Å². The fourth-order valence-corrected chi connectivity index (χ4v) is 3.87. The topological polar surface area (TPSA) is 81.4 Å². The Kier molecular flexibility index (Phi) is 5.24. The summed E-state index contributed by atoms with van der Waals surface area (Å²) in [6, 6.07) is 17.4. The molecule has 9 heteroatoms. The van der Waals surface area contributed by atoms with Gasteiger partial charge in [-0.2, -0.15) is 4.98 Å². The van der Waals surface area contributed by atoms with Crippen LogP contribution in [0.15, 0.2) is 65.2 Å². The van der Waals surface area contributed by atoms with Crippen molar-refractivity contribution in [3.63, 3.8) is 0 Å². The number of benzene rings is 2. The first-order valence-corrected chi connectivity index (χ1v) is 10.5. The van der Waals surface area contributed by atoms with Crippen molar-refractivity contribution in [3.8, 4) is 17.3 Å². The van der Waals surface area contributed by atoms with E-state index in [1.54, 1.807) is 49.4 Å². The van der Waals surface area contributed by atoms with Crippen molar-refractivity contribution in [1.29, 1.82) is 0 Å². The molecule has 1 amide bonds. The highest BCUT2D eigenvalue weighted by Gasteiger charge is 2.47. The van der Waals surface area contributed by atoms with E-state index in [0.29, 0.717) is 22.5 Å². The Bertz CT molecular complexity index is 1320. The second-order valence-corrected chi connectivity index (χ2v) is 7.90. The Morgan fingerprint density at radius 3 is 2.70 bits per heavy atom. The number of hydrogen-bond acceptors (Lipinski definition) is 6. The number of alkyl halides is 2. The van der Waals surface area contributed by atoms with Crippen LogP contribution in [0.5, 0.6) is 5.88 Å². The molecule has 3 heterocycles. The number of aryl methyl sites for hydroxylation is 1. The molecule has 168 valence electrons. The number of likely N-dealkylation sites (tertiary alicyclic amines) is 1. The fourth-order valence-electron chi connectivity index (χ4n) is 3.87. The summed E-state index contributed by atoms with van der Waals surface area (Å²) in [7, 11) is 0. The number of halogens is 2. The monoisotopic (exact) mass is 450 g/mol. The van der Waals surface area contributed by atoms with E-state index in [0.717, 1.165) is 5.39 Å². The zero-order valence-corrected chi connectivity index (χ0v) is 17.7. The van der Waals surface area contributed by atoms with Crippen LogP contribution in [0.3, 0.4) is 0 Å². The Morgan fingerprint density at radius 2 is 1.88 bits per heavy atom. The van der Waals surface area contributed by atoms with Gasteiger partial charge in [0, 0.05) is 24.4 Å². The van der Waals surface area contributed by atoms with Gasteiger partial charge in [-0.3, -0.25) is 4.79 Å². The van der Waals surface area contributed by atoms with Crippen molar-refractivity contribution in [2.75, 3.05) is 13.1 Å². The van der Waals surface area contributed by atoms with E-state index >= 15 is 0 Å². The van der Waals surface area contributed by atoms with Gasteiger partial charge in [0.25, 0.3) is 17.7 Å². The van der Waals surface area contributed by atoms with Crippen molar-refractivity contribution < 1.29 is 22.8 Å². The average molecular weight is 450 g/mol. The summed E-state index contributed by atoms with van der Waals surface area (Å²) in [4.78, 5) is 23.2. The van der Waals surface area contributed by atoms with Crippen LogP contribution in [-0.4, -0.2) is 51.0 Å². The lowest BCUT2D eigenvalue weighted by Gasteiger charge is -2.38. The van der Waals surface area contributed by atoms with Gasteiger partial charge in [-0.1, -0.05) is 35.5 Å². The highest BCUT2D eigenvalue weighted by atomic mass is 19.3. The van der Waals surface area contributed by atoms with Gasteiger partial charge in [0.2, 0.25) is 5.88 Å². The lowest BCUT2D eigenvalue weighted by atomic mass is 10.0.